The monoisotopic (exact) mass is 492 g/mol. The number of likely N-dealkylation sites (tertiary alicyclic amines) is 1. The average Bonchev–Trinajstić information content (AvgIpc) is 3.23. The number of amides is 1. The quantitative estimate of drug-likeness (QED) is 0.471. The minimum atomic E-state index is -0.281. The van der Waals surface area contributed by atoms with Crippen molar-refractivity contribution in [3.05, 3.63) is 86.4 Å². The molecule has 2 aromatic carbocycles. The normalized spacial score (nSPS) is 14.7. The first kappa shape index (κ1) is 20.6. The Bertz CT molecular complexity index is 1330. The first-order valence-electron chi connectivity index (χ1n) is 10.5. The molecule has 0 bridgehead atoms. The predicted octanol–water partition coefficient (Wildman–Crippen LogP) is 3.35. The largest absolute Gasteiger partial charge is 0.339 e. The second kappa shape index (κ2) is 8.66. The number of hydrogen-bond donors (Lipinski definition) is 1. The zero-order valence-corrected chi connectivity index (χ0v) is 18.8. The summed E-state index contributed by atoms with van der Waals surface area (Å²) < 4.78 is 2.46. The predicted molar refractivity (Wildman–Crippen MR) is 124 cm³/mol. The fourth-order valence-corrected chi connectivity index (χ4v) is 4.55. The molecule has 0 spiro atoms. The Morgan fingerprint density at radius 2 is 1.78 bits per heavy atom. The zero-order chi connectivity index (χ0) is 22.1. The van der Waals surface area contributed by atoms with Crippen LogP contribution in [0.2, 0.25) is 0 Å². The summed E-state index contributed by atoms with van der Waals surface area (Å²) in [6, 6.07) is 17.3. The number of carbonyl (C=O) groups is 1. The molecule has 1 saturated heterocycles. The lowest BCUT2D eigenvalue weighted by Gasteiger charge is -2.31. The molecule has 162 valence electrons. The lowest BCUT2D eigenvalue weighted by Crippen LogP contribution is -2.38. The lowest BCUT2D eigenvalue weighted by atomic mass is 9.95. The van der Waals surface area contributed by atoms with Crippen molar-refractivity contribution in [2.24, 2.45) is 0 Å². The van der Waals surface area contributed by atoms with Crippen LogP contribution < -0.4 is 5.56 Å². The van der Waals surface area contributed by atoms with Crippen molar-refractivity contribution < 1.29 is 4.79 Å². The van der Waals surface area contributed by atoms with Gasteiger partial charge in [-0.1, -0.05) is 47.7 Å². The van der Waals surface area contributed by atoms with Crippen LogP contribution in [0.15, 0.2) is 63.9 Å². The first-order valence-corrected chi connectivity index (χ1v) is 11.3. The lowest BCUT2D eigenvalue weighted by molar-refractivity contribution is 0.0710. The van der Waals surface area contributed by atoms with Crippen LogP contribution in [-0.4, -0.2) is 48.9 Å². The maximum absolute atomic E-state index is 12.9. The van der Waals surface area contributed by atoms with E-state index < -0.39 is 0 Å². The van der Waals surface area contributed by atoms with Crippen molar-refractivity contribution in [2.75, 3.05) is 13.1 Å². The molecule has 0 saturated carbocycles. The van der Waals surface area contributed by atoms with E-state index in [1.807, 2.05) is 59.5 Å². The Balaban J connectivity index is 1.35. The number of halogens is 1. The van der Waals surface area contributed by atoms with Gasteiger partial charge < -0.3 is 9.88 Å². The number of piperidine rings is 1. The summed E-state index contributed by atoms with van der Waals surface area (Å²) in [4.78, 5) is 35.0. The minimum Gasteiger partial charge on any atom is -0.339 e. The van der Waals surface area contributed by atoms with Gasteiger partial charge in [0.25, 0.3) is 11.5 Å². The smallest absolute Gasteiger partial charge is 0.281 e. The third-order valence-corrected chi connectivity index (χ3v) is 6.53. The van der Waals surface area contributed by atoms with Gasteiger partial charge in [0, 0.05) is 23.5 Å². The van der Waals surface area contributed by atoms with Crippen LogP contribution in [0.1, 0.15) is 40.5 Å². The second-order valence-corrected chi connectivity index (χ2v) is 8.76. The van der Waals surface area contributed by atoms with E-state index >= 15 is 0 Å². The van der Waals surface area contributed by atoms with Crippen molar-refractivity contribution >= 4 is 33.0 Å². The SMILES string of the molecule is O=C(c1ccccc1Br)N1CCC(c2nc3c(nnn3Cc3ccccc3)c(=O)[nH]2)CC1. The molecule has 5 rings (SSSR count). The average molecular weight is 493 g/mol. The van der Waals surface area contributed by atoms with E-state index in [0.717, 1.165) is 22.9 Å². The molecule has 9 heteroatoms. The highest BCUT2D eigenvalue weighted by molar-refractivity contribution is 9.10. The number of nitrogens with zero attached hydrogens (tertiary/aromatic N) is 5. The van der Waals surface area contributed by atoms with Crippen molar-refractivity contribution in [2.45, 2.75) is 25.3 Å². The molecular formula is C23H21BrN6O2. The van der Waals surface area contributed by atoms with Crippen LogP contribution >= 0.6 is 15.9 Å². The third kappa shape index (κ3) is 3.95. The number of nitrogens with one attached hydrogen (secondary N) is 1. The standard InChI is InChI=1S/C23H21BrN6O2/c24-18-9-5-4-8-17(18)23(32)29-12-10-16(11-13-29)20-25-21-19(22(31)26-20)27-28-30(21)14-15-6-2-1-3-7-15/h1-9,16H,10-14H2,(H,25,26,31). The fraction of sp³-hybridized carbons (Fsp3) is 0.261. The Morgan fingerprint density at radius 1 is 1.06 bits per heavy atom. The van der Waals surface area contributed by atoms with Crippen molar-refractivity contribution in [3.8, 4) is 0 Å². The number of hydrogen-bond acceptors (Lipinski definition) is 5. The minimum absolute atomic E-state index is 0.0120. The van der Waals surface area contributed by atoms with E-state index in [2.05, 4.69) is 31.2 Å². The summed E-state index contributed by atoms with van der Waals surface area (Å²) in [5, 5.41) is 8.17. The maximum Gasteiger partial charge on any atom is 0.281 e. The number of carbonyl (C=O) groups excluding carboxylic acids is 1. The molecule has 1 amide bonds. The zero-order valence-electron chi connectivity index (χ0n) is 17.2. The van der Waals surface area contributed by atoms with E-state index in [0.29, 0.717) is 36.7 Å². The van der Waals surface area contributed by atoms with Gasteiger partial charge in [0.2, 0.25) is 0 Å². The first-order chi connectivity index (χ1) is 15.6. The van der Waals surface area contributed by atoms with Gasteiger partial charge in [-0.25, -0.2) is 9.67 Å². The van der Waals surface area contributed by atoms with Crippen molar-refractivity contribution in [3.63, 3.8) is 0 Å². The Kier molecular flexibility index (Phi) is 5.57. The number of fused-ring (bicyclic) bond motifs is 1. The molecule has 8 nitrogen and oxygen atoms in total. The molecule has 3 heterocycles. The number of aromatic nitrogens is 5. The fourth-order valence-electron chi connectivity index (χ4n) is 4.10. The highest BCUT2D eigenvalue weighted by atomic mass is 79.9. The molecular weight excluding hydrogens is 472 g/mol. The molecule has 0 unspecified atom stereocenters. The van der Waals surface area contributed by atoms with Gasteiger partial charge in [-0.15, -0.1) is 5.10 Å². The summed E-state index contributed by atoms with van der Waals surface area (Å²) >= 11 is 3.46. The van der Waals surface area contributed by atoms with E-state index in [1.165, 1.54) is 0 Å². The van der Waals surface area contributed by atoms with E-state index in [4.69, 9.17) is 4.98 Å². The Labute approximate surface area is 192 Å². The van der Waals surface area contributed by atoms with Crippen LogP contribution in [0, 0.1) is 0 Å². The summed E-state index contributed by atoms with van der Waals surface area (Å²) in [5.74, 6) is 0.709. The molecule has 0 radical (unpaired) electrons. The Morgan fingerprint density at radius 3 is 2.53 bits per heavy atom. The van der Waals surface area contributed by atoms with Crippen molar-refractivity contribution in [1.82, 2.24) is 29.9 Å². The molecule has 4 aromatic rings. The number of benzene rings is 2. The molecule has 1 aliphatic heterocycles. The van der Waals surface area contributed by atoms with E-state index in [9.17, 15) is 9.59 Å². The van der Waals surface area contributed by atoms with Gasteiger partial charge in [-0.3, -0.25) is 9.59 Å². The van der Waals surface area contributed by atoms with Gasteiger partial charge in [0.1, 0.15) is 5.82 Å². The summed E-state index contributed by atoms with van der Waals surface area (Å²) in [6.07, 6.45) is 1.45. The molecule has 1 aliphatic rings. The van der Waals surface area contributed by atoms with Gasteiger partial charge >= 0.3 is 0 Å². The summed E-state index contributed by atoms with van der Waals surface area (Å²) in [6.45, 7) is 1.70. The van der Waals surface area contributed by atoms with Gasteiger partial charge in [0.15, 0.2) is 11.2 Å². The molecule has 2 aromatic heterocycles. The van der Waals surface area contributed by atoms with E-state index in [-0.39, 0.29) is 22.9 Å². The summed E-state index contributed by atoms with van der Waals surface area (Å²) in [5.41, 5.74) is 2.16. The molecule has 0 atom stereocenters. The molecule has 1 fully saturated rings. The van der Waals surface area contributed by atoms with Gasteiger partial charge in [-0.2, -0.15) is 0 Å². The highest BCUT2D eigenvalue weighted by Crippen LogP contribution is 2.27. The second-order valence-electron chi connectivity index (χ2n) is 7.90. The highest BCUT2D eigenvalue weighted by Gasteiger charge is 2.27. The van der Waals surface area contributed by atoms with Crippen LogP contribution in [0.4, 0.5) is 0 Å². The maximum atomic E-state index is 12.9. The van der Waals surface area contributed by atoms with E-state index in [1.54, 1.807) is 4.68 Å². The number of H-pyrrole nitrogens is 1. The topological polar surface area (TPSA) is 96.8 Å². The van der Waals surface area contributed by atoms with Crippen LogP contribution in [0.25, 0.3) is 11.2 Å². The van der Waals surface area contributed by atoms with Gasteiger partial charge in [0.05, 0.1) is 12.1 Å². The van der Waals surface area contributed by atoms with Gasteiger partial charge in [-0.05, 0) is 46.5 Å². The Hall–Kier alpha value is -3.33. The third-order valence-electron chi connectivity index (χ3n) is 5.84. The molecule has 0 aliphatic carbocycles. The van der Waals surface area contributed by atoms with Crippen LogP contribution in [0.3, 0.4) is 0 Å². The molecule has 1 N–H and O–H groups in total. The van der Waals surface area contributed by atoms with Crippen LogP contribution in [0.5, 0.6) is 0 Å². The summed E-state index contributed by atoms with van der Waals surface area (Å²) in [7, 11) is 0. The van der Waals surface area contributed by atoms with Crippen molar-refractivity contribution in [1.29, 1.82) is 0 Å². The molecule has 32 heavy (non-hydrogen) atoms. The number of rotatable bonds is 4. The van der Waals surface area contributed by atoms with Crippen LogP contribution in [-0.2, 0) is 6.54 Å². The number of aromatic amines is 1.